The molecular weight excluding hydrogens is 278 g/mol. The molecule has 1 N–H and O–H groups in total. The van der Waals surface area contributed by atoms with E-state index in [1.165, 1.54) is 0 Å². The van der Waals surface area contributed by atoms with E-state index in [0.29, 0.717) is 13.2 Å². The van der Waals surface area contributed by atoms with Crippen LogP contribution in [-0.4, -0.2) is 34.5 Å². The van der Waals surface area contributed by atoms with Gasteiger partial charge >= 0.3 is 0 Å². The van der Waals surface area contributed by atoms with Gasteiger partial charge in [-0.1, -0.05) is 30.3 Å². The van der Waals surface area contributed by atoms with Crippen LogP contribution in [0.4, 0.5) is 5.69 Å². The van der Waals surface area contributed by atoms with Gasteiger partial charge in [0, 0.05) is 25.4 Å². The van der Waals surface area contributed by atoms with Crippen molar-refractivity contribution in [2.45, 2.75) is 6.10 Å². The number of nitrogens with one attached hydrogen (secondary N) is 1. The largest absolute Gasteiger partial charge is 0.497 e. The molecule has 0 aliphatic rings. The Bertz CT molecular complexity index is 569. The van der Waals surface area contributed by atoms with Crippen LogP contribution in [0.2, 0.25) is 0 Å². The van der Waals surface area contributed by atoms with E-state index in [1.807, 2.05) is 49.5 Å². The van der Waals surface area contributed by atoms with E-state index in [-0.39, 0.29) is 6.10 Å². The minimum atomic E-state index is -0.148. The minimum Gasteiger partial charge on any atom is -0.497 e. The van der Waals surface area contributed by atoms with Crippen molar-refractivity contribution < 1.29 is 14.2 Å². The summed E-state index contributed by atoms with van der Waals surface area (Å²) in [6.07, 6.45) is -0.148. The number of anilines is 1. The van der Waals surface area contributed by atoms with Gasteiger partial charge in [0.1, 0.15) is 11.9 Å². The fraction of sp³-hybridized carbons (Fsp3) is 0.333. The molecule has 2 rings (SSSR count). The zero-order valence-corrected chi connectivity index (χ0v) is 13.3. The second-order valence-corrected chi connectivity index (χ2v) is 4.85. The molecule has 0 heterocycles. The van der Waals surface area contributed by atoms with Crippen LogP contribution in [0.25, 0.3) is 0 Å². The lowest BCUT2D eigenvalue weighted by atomic mass is 9.99. The molecule has 0 radical (unpaired) electrons. The number of hydrogen-bond acceptors (Lipinski definition) is 4. The molecule has 0 aliphatic heterocycles. The molecule has 0 aliphatic carbocycles. The van der Waals surface area contributed by atoms with E-state index >= 15 is 0 Å². The standard InChI is InChI=1S/C18H23NO3/c1-19-17-7-5-4-6-16(17)18(22-13-12-20-2)14-8-10-15(21-3)11-9-14/h4-11,18-19H,12-13H2,1-3H3/t18-/m0/s1. The summed E-state index contributed by atoms with van der Waals surface area (Å²) >= 11 is 0. The number of rotatable bonds is 8. The Morgan fingerprint density at radius 1 is 0.955 bits per heavy atom. The number of ether oxygens (including phenoxy) is 3. The summed E-state index contributed by atoms with van der Waals surface area (Å²) in [4.78, 5) is 0. The Morgan fingerprint density at radius 2 is 1.68 bits per heavy atom. The Kier molecular flexibility index (Phi) is 6.25. The SMILES string of the molecule is CNc1ccccc1[C@@H](OCCOC)c1ccc(OC)cc1. The van der Waals surface area contributed by atoms with Gasteiger partial charge in [0.25, 0.3) is 0 Å². The molecule has 0 bridgehead atoms. The van der Waals surface area contributed by atoms with E-state index in [9.17, 15) is 0 Å². The molecule has 4 nitrogen and oxygen atoms in total. The Labute approximate surface area is 132 Å². The molecule has 0 saturated heterocycles. The summed E-state index contributed by atoms with van der Waals surface area (Å²) in [5.74, 6) is 0.835. The van der Waals surface area contributed by atoms with Gasteiger partial charge in [0.2, 0.25) is 0 Å². The summed E-state index contributed by atoms with van der Waals surface area (Å²) in [6, 6.07) is 16.1. The van der Waals surface area contributed by atoms with Crippen molar-refractivity contribution in [3.05, 3.63) is 59.7 Å². The highest BCUT2D eigenvalue weighted by molar-refractivity contribution is 5.54. The van der Waals surface area contributed by atoms with Crippen LogP contribution in [0, 0.1) is 0 Å². The summed E-state index contributed by atoms with van der Waals surface area (Å²) in [7, 11) is 5.25. The van der Waals surface area contributed by atoms with E-state index in [0.717, 1.165) is 22.6 Å². The van der Waals surface area contributed by atoms with Crippen molar-refractivity contribution in [1.82, 2.24) is 0 Å². The molecule has 2 aromatic rings. The molecule has 2 aromatic carbocycles. The van der Waals surface area contributed by atoms with E-state index < -0.39 is 0 Å². The van der Waals surface area contributed by atoms with Gasteiger partial charge in [0.15, 0.2) is 0 Å². The molecule has 0 fully saturated rings. The zero-order chi connectivity index (χ0) is 15.8. The van der Waals surface area contributed by atoms with Gasteiger partial charge in [-0.15, -0.1) is 0 Å². The molecule has 0 aromatic heterocycles. The summed E-state index contributed by atoms with van der Waals surface area (Å²) in [5, 5.41) is 3.22. The molecule has 0 saturated carbocycles. The maximum atomic E-state index is 6.06. The van der Waals surface area contributed by atoms with Gasteiger partial charge in [-0.3, -0.25) is 0 Å². The molecule has 22 heavy (non-hydrogen) atoms. The lowest BCUT2D eigenvalue weighted by Gasteiger charge is -2.21. The third kappa shape index (κ3) is 4.00. The van der Waals surface area contributed by atoms with E-state index in [1.54, 1.807) is 14.2 Å². The predicted molar refractivity (Wildman–Crippen MR) is 88.7 cm³/mol. The number of para-hydroxylation sites is 1. The maximum absolute atomic E-state index is 6.06. The third-order valence-corrected chi connectivity index (χ3v) is 3.50. The van der Waals surface area contributed by atoms with Crippen molar-refractivity contribution in [1.29, 1.82) is 0 Å². The Balaban J connectivity index is 2.32. The first-order valence-electron chi connectivity index (χ1n) is 7.31. The molecule has 118 valence electrons. The second-order valence-electron chi connectivity index (χ2n) is 4.85. The first-order chi connectivity index (χ1) is 10.8. The fourth-order valence-corrected chi connectivity index (χ4v) is 2.35. The first kappa shape index (κ1) is 16.3. The third-order valence-electron chi connectivity index (χ3n) is 3.50. The quantitative estimate of drug-likeness (QED) is 0.758. The number of hydrogen-bond donors (Lipinski definition) is 1. The van der Waals surface area contributed by atoms with Crippen LogP contribution >= 0.6 is 0 Å². The number of methoxy groups -OCH3 is 2. The second kappa shape index (κ2) is 8.41. The van der Waals surface area contributed by atoms with Crippen molar-refractivity contribution in [3.63, 3.8) is 0 Å². The molecule has 0 spiro atoms. The van der Waals surface area contributed by atoms with E-state index in [2.05, 4.69) is 11.4 Å². The van der Waals surface area contributed by atoms with Gasteiger partial charge in [-0.25, -0.2) is 0 Å². The molecule has 0 unspecified atom stereocenters. The Hall–Kier alpha value is -2.04. The number of benzene rings is 2. The highest BCUT2D eigenvalue weighted by atomic mass is 16.5. The van der Waals surface area contributed by atoms with Crippen LogP contribution in [0.1, 0.15) is 17.2 Å². The molecule has 1 atom stereocenters. The van der Waals surface area contributed by atoms with Crippen LogP contribution in [-0.2, 0) is 9.47 Å². The summed E-state index contributed by atoms with van der Waals surface area (Å²) in [6.45, 7) is 1.10. The topological polar surface area (TPSA) is 39.7 Å². The maximum Gasteiger partial charge on any atom is 0.118 e. The van der Waals surface area contributed by atoms with Crippen LogP contribution < -0.4 is 10.1 Å². The van der Waals surface area contributed by atoms with E-state index in [4.69, 9.17) is 14.2 Å². The average Bonchev–Trinajstić information content (AvgIpc) is 2.59. The lowest BCUT2D eigenvalue weighted by Crippen LogP contribution is -2.12. The molecular formula is C18H23NO3. The van der Waals surface area contributed by atoms with Crippen molar-refractivity contribution >= 4 is 5.69 Å². The minimum absolute atomic E-state index is 0.148. The van der Waals surface area contributed by atoms with Gasteiger partial charge in [-0.05, 0) is 23.8 Å². The lowest BCUT2D eigenvalue weighted by molar-refractivity contribution is 0.0358. The normalized spacial score (nSPS) is 12.0. The van der Waals surface area contributed by atoms with Crippen molar-refractivity contribution in [3.8, 4) is 5.75 Å². The van der Waals surface area contributed by atoms with Gasteiger partial charge in [0.05, 0.1) is 20.3 Å². The summed E-state index contributed by atoms with van der Waals surface area (Å²) in [5.41, 5.74) is 3.24. The van der Waals surface area contributed by atoms with Gasteiger partial charge in [-0.2, -0.15) is 0 Å². The molecule has 0 amide bonds. The molecule has 4 heteroatoms. The zero-order valence-electron chi connectivity index (χ0n) is 13.3. The predicted octanol–water partition coefficient (Wildman–Crippen LogP) is 3.49. The fourth-order valence-electron chi connectivity index (χ4n) is 2.35. The highest BCUT2D eigenvalue weighted by Gasteiger charge is 2.17. The van der Waals surface area contributed by atoms with Gasteiger partial charge < -0.3 is 19.5 Å². The van der Waals surface area contributed by atoms with Crippen LogP contribution in [0.15, 0.2) is 48.5 Å². The summed E-state index contributed by atoms with van der Waals surface area (Å²) < 4.78 is 16.4. The van der Waals surface area contributed by atoms with Crippen molar-refractivity contribution in [2.24, 2.45) is 0 Å². The Morgan fingerprint density at radius 3 is 2.32 bits per heavy atom. The van der Waals surface area contributed by atoms with Crippen LogP contribution in [0.3, 0.4) is 0 Å². The van der Waals surface area contributed by atoms with Crippen molar-refractivity contribution in [2.75, 3.05) is 39.8 Å². The monoisotopic (exact) mass is 301 g/mol. The van der Waals surface area contributed by atoms with Crippen LogP contribution in [0.5, 0.6) is 5.75 Å². The first-order valence-corrected chi connectivity index (χ1v) is 7.31. The smallest absolute Gasteiger partial charge is 0.118 e. The highest BCUT2D eigenvalue weighted by Crippen LogP contribution is 2.32. The average molecular weight is 301 g/mol.